The molecule has 0 atom stereocenters. The number of nitrogens with one attached hydrogen (secondary N) is 1. The Morgan fingerprint density at radius 3 is 2.69 bits per heavy atom. The maximum Gasteiger partial charge on any atom is 0.414 e. The Morgan fingerprint density at radius 2 is 1.94 bits per heavy atom. The summed E-state index contributed by atoms with van der Waals surface area (Å²) >= 11 is 6.28. The third-order valence-corrected chi connectivity index (χ3v) is 5.70. The second-order valence-electron chi connectivity index (χ2n) is 7.44. The molecule has 0 radical (unpaired) electrons. The number of aromatic nitrogens is 2. The highest BCUT2D eigenvalue weighted by molar-refractivity contribution is 6.31. The minimum Gasteiger partial charge on any atom is -0.447 e. The predicted octanol–water partition coefficient (Wildman–Crippen LogP) is 4.81. The Balaban J connectivity index is 1.50. The highest BCUT2D eigenvalue weighted by Gasteiger charge is 2.25. The van der Waals surface area contributed by atoms with Crippen LogP contribution in [0.3, 0.4) is 0 Å². The van der Waals surface area contributed by atoms with E-state index in [9.17, 15) is 9.59 Å². The largest absolute Gasteiger partial charge is 0.447 e. The number of hydrogen-bond acceptors (Lipinski definition) is 4. The number of cyclic esters (lactones) is 1. The van der Waals surface area contributed by atoms with Crippen LogP contribution in [0.15, 0.2) is 54.6 Å². The van der Waals surface area contributed by atoms with Crippen LogP contribution in [0.25, 0.3) is 6.08 Å². The molecule has 0 unspecified atom stereocenters. The number of hydrogen-bond donors (Lipinski definition) is 1. The van der Waals surface area contributed by atoms with E-state index in [4.69, 9.17) is 16.3 Å². The summed E-state index contributed by atoms with van der Waals surface area (Å²) < 4.78 is 6.88. The summed E-state index contributed by atoms with van der Waals surface area (Å²) in [6.45, 7) is 5.19. The predicted molar refractivity (Wildman–Crippen MR) is 125 cm³/mol. The number of anilines is 2. The van der Waals surface area contributed by atoms with Crippen molar-refractivity contribution in [1.29, 1.82) is 0 Å². The first-order valence-electron chi connectivity index (χ1n) is 10.2. The van der Waals surface area contributed by atoms with Gasteiger partial charge in [0, 0.05) is 22.4 Å². The van der Waals surface area contributed by atoms with E-state index in [2.05, 4.69) is 10.4 Å². The van der Waals surface area contributed by atoms with E-state index in [1.54, 1.807) is 24.3 Å². The third-order valence-electron chi connectivity index (χ3n) is 5.33. The second kappa shape index (κ2) is 9.28. The molecule has 4 rings (SSSR count). The topological polar surface area (TPSA) is 76.5 Å². The molecule has 0 bridgehead atoms. The van der Waals surface area contributed by atoms with Crippen molar-refractivity contribution >= 4 is 41.1 Å². The van der Waals surface area contributed by atoms with Crippen molar-refractivity contribution in [2.75, 3.05) is 23.4 Å². The van der Waals surface area contributed by atoms with Gasteiger partial charge in [-0.1, -0.05) is 41.9 Å². The molecule has 8 heteroatoms. The van der Waals surface area contributed by atoms with Crippen molar-refractivity contribution in [2.24, 2.45) is 0 Å². The van der Waals surface area contributed by atoms with Gasteiger partial charge in [0.25, 0.3) is 0 Å². The summed E-state index contributed by atoms with van der Waals surface area (Å²) in [7, 11) is 0. The fourth-order valence-corrected chi connectivity index (χ4v) is 3.85. The molecule has 1 N–H and O–H groups in total. The van der Waals surface area contributed by atoms with E-state index in [1.807, 2.05) is 48.9 Å². The number of amides is 2. The zero-order valence-electron chi connectivity index (χ0n) is 17.8. The van der Waals surface area contributed by atoms with Gasteiger partial charge in [0.15, 0.2) is 0 Å². The van der Waals surface area contributed by atoms with Crippen LogP contribution in [0.2, 0.25) is 5.02 Å². The molecule has 164 valence electrons. The van der Waals surface area contributed by atoms with Crippen LogP contribution in [0.4, 0.5) is 16.2 Å². The number of nitrogens with zero attached hydrogens (tertiary/aromatic N) is 3. The zero-order valence-corrected chi connectivity index (χ0v) is 18.6. The van der Waals surface area contributed by atoms with E-state index < -0.39 is 6.09 Å². The van der Waals surface area contributed by atoms with Crippen LogP contribution in [0.1, 0.15) is 22.5 Å². The molecule has 1 aliphatic rings. The number of rotatable bonds is 6. The smallest absolute Gasteiger partial charge is 0.414 e. The molecule has 1 aliphatic heterocycles. The number of para-hydroxylation sites is 2. The summed E-state index contributed by atoms with van der Waals surface area (Å²) in [6, 6.07) is 14.8. The highest BCUT2D eigenvalue weighted by atomic mass is 35.5. The van der Waals surface area contributed by atoms with Crippen molar-refractivity contribution in [2.45, 2.75) is 20.4 Å². The third kappa shape index (κ3) is 4.53. The van der Waals surface area contributed by atoms with Crippen molar-refractivity contribution in [3.63, 3.8) is 0 Å². The van der Waals surface area contributed by atoms with Gasteiger partial charge in [0.2, 0.25) is 5.91 Å². The number of carbonyl (C=O) groups is 2. The van der Waals surface area contributed by atoms with Crippen molar-refractivity contribution in [3.05, 3.63) is 82.1 Å². The van der Waals surface area contributed by atoms with Gasteiger partial charge in [-0.25, -0.2) is 4.79 Å². The molecule has 1 aromatic heterocycles. The highest BCUT2D eigenvalue weighted by Crippen LogP contribution is 2.28. The molecule has 1 fully saturated rings. The van der Waals surface area contributed by atoms with Crippen LogP contribution in [0, 0.1) is 13.8 Å². The molecule has 0 aliphatic carbocycles. The molecule has 7 nitrogen and oxygen atoms in total. The Labute approximate surface area is 191 Å². The Morgan fingerprint density at radius 1 is 1.19 bits per heavy atom. The molecule has 2 heterocycles. The average Bonchev–Trinajstić information content (AvgIpc) is 3.31. The Bertz CT molecular complexity index is 1200. The van der Waals surface area contributed by atoms with Crippen LogP contribution in [-0.4, -0.2) is 34.9 Å². The molecule has 2 amide bonds. The summed E-state index contributed by atoms with van der Waals surface area (Å²) in [6.07, 6.45) is 2.80. The Kier molecular flexibility index (Phi) is 6.28. The summed E-state index contributed by atoms with van der Waals surface area (Å²) in [5, 5.41) is 8.14. The van der Waals surface area contributed by atoms with E-state index in [0.717, 1.165) is 22.5 Å². The lowest BCUT2D eigenvalue weighted by molar-refractivity contribution is -0.111. The molecule has 2 aromatic carbocycles. The zero-order chi connectivity index (χ0) is 22.7. The normalized spacial score (nSPS) is 13.6. The number of benzene rings is 2. The second-order valence-corrected chi connectivity index (χ2v) is 7.85. The maximum absolute atomic E-state index is 12.6. The fourth-order valence-electron chi connectivity index (χ4n) is 3.65. The van der Waals surface area contributed by atoms with E-state index in [0.29, 0.717) is 36.1 Å². The van der Waals surface area contributed by atoms with Gasteiger partial charge < -0.3 is 10.1 Å². The molecular weight excluding hydrogens is 428 g/mol. The molecule has 0 spiro atoms. The first kappa shape index (κ1) is 21.6. The monoisotopic (exact) mass is 450 g/mol. The van der Waals surface area contributed by atoms with Crippen LogP contribution in [-0.2, 0) is 16.1 Å². The van der Waals surface area contributed by atoms with Gasteiger partial charge in [0.1, 0.15) is 6.61 Å². The molecular formula is C24H23ClN4O3. The van der Waals surface area contributed by atoms with Gasteiger partial charge in [-0.15, -0.1) is 0 Å². The molecule has 0 saturated carbocycles. The lowest BCUT2D eigenvalue weighted by Gasteiger charge is -2.17. The molecule has 3 aromatic rings. The van der Waals surface area contributed by atoms with Gasteiger partial charge in [-0.2, -0.15) is 5.10 Å². The van der Waals surface area contributed by atoms with Crippen molar-refractivity contribution in [1.82, 2.24) is 9.78 Å². The number of ether oxygens (including phenoxy) is 1. The van der Waals surface area contributed by atoms with E-state index in [-0.39, 0.29) is 5.91 Å². The standard InChI is InChI=1S/C24H23ClN4O3/c1-16-19(17(2)29(27-16)15-18-7-3-4-8-20(18)25)11-12-23(30)26-21-9-5-6-10-22(21)28-13-14-32-24(28)31/h3-12H,13-15H2,1-2H3,(H,26,30)/b12-11+. The lowest BCUT2D eigenvalue weighted by atomic mass is 10.1. The van der Waals surface area contributed by atoms with Gasteiger partial charge >= 0.3 is 6.09 Å². The maximum atomic E-state index is 12.6. The van der Waals surface area contributed by atoms with Gasteiger partial charge in [-0.05, 0) is 43.7 Å². The first-order chi connectivity index (χ1) is 15.4. The quantitative estimate of drug-likeness (QED) is 0.547. The summed E-state index contributed by atoms with van der Waals surface area (Å²) in [5.41, 5.74) is 4.76. The molecule has 1 saturated heterocycles. The van der Waals surface area contributed by atoms with Gasteiger partial charge in [0.05, 0.1) is 30.2 Å². The van der Waals surface area contributed by atoms with E-state index in [1.165, 1.54) is 11.0 Å². The SMILES string of the molecule is Cc1nn(Cc2ccccc2Cl)c(C)c1/C=C/C(=O)Nc1ccccc1N1CCOC1=O. The minimum absolute atomic E-state index is 0.303. The van der Waals surface area contributed by atoms with Crippen LogP contribution < -0.4 is 10.2 Å². The molecule has 32 heavy (non-hydrogen) atoms. The number of aryl methyl sites for hydroxylation is 1. The Hall–Kier alpha value is -3.58. The van der Waals surface area contributed by atoms with E-state index >= 15 is 0 Å². The number of halogens is 1. The summed E-state index contributed by atoms with van der Waals surface area (Å²) in [5.74, 6) is -0.303. The summed E-state index contributed by atoms with van der Waals surface area (Å²) in [4.78, 5) is 26.0. The minimum atomic E-state index is -0.417. The first-order valence-corrected chi connectivity index (χ1v) is 10.6. The van der Waals surface area contributed by atoms with Gasteiger partial charge in [-0.3, -0.25) is 14.4 Å². The van der Waals surface area contributed by atoms with Crippen molar-refractivity contribution < 1.29 is 14.3 Å². The van der Waals surface area contributed by atoms with Crippen molar-refractivity contribution in [3.8, 4) is 0 Å². The van der Waals surface area contributed by atoms with Crippen LogP contribution >= 0.6 is 11.6 Å². The average molecular weight is 451 g/mol. The lowest BCUT2D eigenvalue weighted by Crippen LogP contribution is -2.25. The fraction of sp³-hybridized carbons (Fsp3) is 0.208. The number of carbonyl (C=O) groups excluding carboxylic acids is 2. The van der Waals surface area contributed by atoms with Crippen LogP contribution in [0.5, 0.6) is 0 Å².